The van der Waals surface area contributed by atoms with Crippen LogP contribution in [0.1, 0.15) is 0 Å². The van der Waals surface area contributed by atoms with E-state index in [4.69, 9.17) is 5.73 Å². The Hall–Kier alpha value is -3.53. The van der Waals surface area contributed by atoms with Crippen molar-refractivity contribution in [3.05, 3.63) is 121 Å². The molecule has 0 spiro atoms. The normalized spacial score (nSPS) is 16.0. The molecule has 0 unspecified atom stereocenters. The third kappa shape index (κ3) is 2.39. The van der Waals surface area contributed by atoms with Gasteiger partial charge in [-0.05, 0) is 0 Å². The molecule has 4 aromatic carbocycles. The molecule has 31 heavy (non-hydrogen) atoms. The first-order chi connectivity index (χ1) is 15.2. The van der Waals surface area contributed by atoms with E-state index in [1.807, 2.05) is 72.8 Å². The molecule has 1 aliphatic rings. The summed E-state index contributed by atoms with van der Waals surface area (Å²) in [5, 5.41) is 21.2. The zero-order chi connectivity index (χ0) is 21.2. The average Bonchev–Trinajstić information content (AvgIpc) is 3.31. The molecule has 0 aromatic heterocycles. The Morgan fingerprint density at radius 1 is 0.452 bits per heavy atom. The van der Waals surface area contributed by atoms with E-state index < -0.39 is 12.1 Å². The van der Waals surface area contributed by atoms with Gasteiger partial charge in [-0.25, -0.2) is 0 Å². The second-order valence-electron chi connectivity index (χ2n) is 7.53. The first kappa shape index (κ1) is 19.4. The molecule has 0 atom stereocenters. The molecule has 1 heterocycles. The summed E-state index contributed by atoms with van der Waals surface area (Å²) in [5.41, 5.74) is 5.81. The molecule has 1 aliphatic heterocycles. The molecule has 4 aromatic rings. The molecule has 0 radical (unpaired) electrons. The molecule has 0 aliphatic carbocycles. The van der Waals surface area contributed by atoms with Crippen LogP contribution in [0.15, 0.2) is 142 Å². The molecule has 6 heteroatoms. The third-order valence-corrected chi connectivity index (χ3v) is 13.0. The molecule has 0 bridgehead atoms. The summed E-state index contributed by atoms with van der Waals surface area (Å²) in [7, 11) is 0. The van der Waals surface area contributed by atoms with Gasteiger partial charge in [-0.1, -0.05) is 0 Å². The molecule has 5 rings (SSSR count). The number of nitrogens with zero attached hydrogens (tertiary/aromatic N) is 4. The molecule has 0 saturated carbocycles. The fraction of sp³-hybridized carbons (Fsp3) is 0.0400. The van der Waals surface area contributed by atoms with Crippen molar-refractivity contribution in [2.75, 3.05) is 0 Å². The van der Waals surface area contributed by atoms with Crippen molar-refractivity contribution < 1.29 is 0 Å². The Labute approximate surface area is 181 Å². The van der Waals surface area contributed by atoms with E-state index in [9.17, 15) is 0 Å². The van der Waals surface area contributed by atoms with Crippen LogP contribution in [0.4, 0.5) is 0 Å². The van der Waals surface area contributed by atoms with Gasteiger partial charge in [0.15, 0.2) is 0 Å². The molecule has 0 saturated heterocycles. The minimum absolute atomic E-state index is 1.06. The van der Waals surface area contributed by atoms with Crippen LogP contribution in [0, 0.1) is 0 Å². The van der Waals surface area contributed by atoms with Crippen LogP contribution >= 0.6 is 6.60 Å². The standard InChI is InChI=1S/C25H22N5P/c26-25(27-29-30-28-25)31(21-13-5-1-6-14-21,22-15-7-2-8-16-22,23-17-9-3-10-18-23)24-19-11-4-12-20-24/h1-20H,26H2. The topological polar surface area (TPSA) is 75.5 Å². The van der Waals surface area contributed by atoms with Crippen LogP contribution in [0.25, 0.3) is 0 Å². The van der Waals surface area contributed by atoms with Crippen molar-refractivity contribution in [3.63, 3.8) is 0 Å². The van der Waals surface area contributed by atoms with Gasteiger partial charge in [-0.15, -0.1) is 0 Å². The molecular formula is C25H22N5P. The quantitative estimate of drug-likeness (QED) is 0.479. The van der Waals surface area contributed by atoms with Crippen molar-refractivity contribution in [1.29, 1.82) is 0 Å². The van der Waals surface area contributed by atoms with Crippen molar-refractivity contribution in [3.8, 4) is 0 Å². The summed E-state index contributed by atoms with van der Waals surface area (Å²) < 4.78 is 0. The van der Waals surface area contributed by atoms with Gasteiger partial charge < -0.3 is 0 Å². The second-order valence-corrected chi connectivity index (χ2v) is 12.5. The molecule has 152 valence electrons. The molecule has 0 fully saturated rings. The van der Waals surface area contributed by atoms with E-state index in [-0.39, 0.29) is 0 Å². The van der Waals surface area contributed by atoms with Gasteiger partial charge in [0, 0.05) is 0 Å². The van der Waals surface area contributed by atoms with Crippen molar-refractivity contribution in [2.45, 2.75) is 5.53 Å². The Morgan fingerprint density at radius 3 is 0.968 bits per heavy atom. The van der Waals surface area contributed by atoms with Crippen molar-refractivity contribution in [1.82, 2.24) is 0 Å². The van der Waals surface area contributed by atoms with E-state index in [0.29, 0.717) is 0 Å². The monoisotopic (exact) mass is 423 g/mol. The fourth-order valence-corrected chi connectivity index (χ4v) is 11.7. The predicted octanol–water partition coefficient (Wildman–Crippen LogP) is 4.24. The molecule has 2 N–H and O–H groups in total. The Morgan fingerprint density at radius 2 is 0.710 bits per heavy atom. The summed E-state index contributed by atoms with van der Waals surface area (Å²) in [6.45, 7) is -3.82. The van der Waals surface area contributed by atoms with Gasteiger partial charge in [0.25, 0.3) is 0 Å². The predicted molar refractivity (Wildman–Crippen MR) is 128 cm³/mol. The van der Waals surface area contributed by atoms with Gasteiger partial charge in [-0.2, -0.15) is 0 Å². The van der Waals surface area contributed by atoms with Crippen LogP contribution in [-0.2, 0) is 0 Å². The average molecular weight is 423 g/mol. The van der Waals surface area contributed by atoms with Crippen LogP contribution in [0.3, 0.4) is 0 Å². The Kier molecular flexibility index (Phi) is 4.58. The van der Waals surface area contributed by atoms with Gasteiger partial charge in [0.1, 0.15) is 0 Å². The number of nitrogens with two attached hydrogens (primary N) is 1. The van der Waals surface area contributed by atoms with Gasteiger partial charge in [0.05, 0.1) is 0 Å². The number of rotatable bonds is 5. The first-order valence-corrected chi connectivity index (χ1v) is 12.3. The molecule has 0 amide bonds. The Balaban J connectivity index is 2.14. The Bertz CT molecular complexity index is 1060. The summed E-state index contributed by atoms with van der Waals surface area (Å²) in [6.07, 6.45) is 0. The summed E-state index contributed by atoms with van der Waals surface area (Å²) in [6, 6.07) is 41.4. The van der Waals surface area contributed by atoms with E-state index in [1.54, 1.807) is 0 Å². The van der Waals surface area contributed by atoms with Crippen LogP contribution in [-0.4, -0.2) is 5.53 Å². The SMILES string of the molecule is NC1(P(c2ccccc2)(c2ccccc2)(c2ccccc2)c2ccccc2)N=NN=N1. The number of hydrogen-bond acceptors (Lipinski definition) is 5. The van der Waals surface area contributed by atoms with Gasteiger partial charge in [0.2, 0.25) is 0 Å². The minimum atomic E-state index is -3.82. The van der Waals surface area contributed by atoms with Gasteiger partial charge in [-0.3, -0.25) is 0 Å². The van der Waals surface area contributed by atoms with Crippen LogP contribution < -0.4 is 27.0 Å². The maximum absolute atomic E-state index is 7.24. The zero-order valence-corrected chi connectivity index (χ0v) is 17.8. The second kappa shape index (κ2) is 7.31. The van der Waals surface area contributed by atoms with Crippen molar-refractivity contribution >= 4 is 27.8 Å². The van der Waals surface area contributed by atoms with Crippen molar-refractivity contribution in [2.24, 2.45) is 26.4 Å². The van der Waals surface area contributed by atoms with Crippen LogP contribution in [0.2, 0.25) is 0 Å². The summed E-state index contributed by atoms with van der Waals surface area (Å²) >= 11 is 0. The van der Waals surface area contributed by atoms with Gasteiger partial charge >= 0.3 is 181 Å². The van der Waals surface area contributed by atoms with Crippen LogP contribution in [0.5, 0.6) is 0 Å². The summed E-state index contributed by atoms with van der Waals surface area (Å²) in [5.74, 6) is 0. The van der Waals surface area contributed by atoms with E-state index >= 15 is 0 Å². The van der Waals surface area contributed by atoms with E-state index in [0.717, 1.165) is 21.2 Å². The third-order valence-electron chi connectivity index (χ3n) is 6.17. The van der Waals surface area contributed by atoms with E-state index in [2.05, 4.69) is 69.2 Å². The maximum atomic E-state index is 7.24. The van der Waals surface area contributed by atoms with E-state index in [1.165, 1.54) is 0 Å². The number of benzene rings is 4. The first-order valence-electron chi connectivity index (χ1n) is 10.1. The summed E-state index contributed by atoms with van der Waals surface area (Å²) in [4.78, 5) is 0. The fourth-order valence-electron chi connectivity index (χ4n) is 4.93. The molecular weight excluding hydrogens is 401 g/mol. The molecule has 5 nitrogen and oxygen atoms in total. The number of hydrogen-bond donors (Lipinski definition) is 1. The zero-order valence-electron chi connectivity index (χ0n) is 16.9.